The zero-order valence-electron chi connectivity index (χ0n) is 15.3. The van der Waals surface area contributed by atoms with Crippen molar-refractivity contribution in [1.82, 2.24) is 14.3 Å². The number of aromatic nitrogens is 2. The highest BCUT2D eigenvalue weighted by Gasteiger charge is 2.39. The SMILES string of the molecule is CC(NS(=O)(=O)Nc1c(Cl)c(C(=O)Nc2ccnc(Cl)c2)n2c1CCC2)C(F)(F)F. The van der Waals surface area contributed by atoms with Crippen LogP contribution < -0.4 is 14.8 Å². The van der Waals surface area contributed by atoms with Crippen LogP contribution in [0.25, 0.3) is 0 Å². The predicted octanol–water partition coefficient (Wildman–Crippen LogP) is 3.59. The van der Waals surface area contributed by atoms with Crippen molar-refractivity contribution in [2.45, 2.75) is 38.5 Å². The van der Waals surface area contributed by atoms with Crippen molar-refractivity contribution in [3.63, 3.8) is 0 Å². The van der Waals surface area contributed by atoms with Crippen LogP contribution in [-0.4, -0.2) is 36.1 Å². The Kier molecular flexibility index (Phi) is 6.23. The van der Waals surface area contributed by atoms with Gasteiger partial charge in [-0.05, 0) is 31.9 Å². The van der Waals surface area contributed by atoms with Crippen molar-refractivity contribution in [2.24, 2.45) is 0 Å². The first-order valence-electron chi connectivity index (χ1n) is 8.59. The van der Waals surface area contributed by atoms with Crippen LogP contribution in [0.5, 0.6) is 0 Å². The lowest BCUT2D eigenvalue weighted by atomic mass is 10.2. The molecule has 0 aromatic carbocycles. The first kappa shape index (κ1) is 22.7. The maximum Gasteiger partial charge on any atom is 0.404 e. The first-order chi connectivity index (χ1) is 13.9. The molecule has 1 amide bonds. The molecule has 2 aromatic heterocycles. The lowest BCUT2D eigenvalue weighted by Gasteiger charge is -2.18. The second-order valence-corrected chi connectivity index (χ2v) is 8.76. The van der Waals surface area contributed by atoms with Gasteiger partial charge in [0.25, 0.3) is 16.1 Å². The molecule has 30 heavy (non-hydrogen) atoms. The van der Waals surface area contributed by atoms with Gasteiger partial charge in [-0.3, -0.25) is 9.52 Å². The van der Waals surface area contributed by atoms with Gasteiger partial charge in [-0.25, -0.2) is 4.98 Å². The monoisotopic (exact) mass is 485 g/mol. The summed E-state index contributed by atoms with van der Waals surface area (Å²) in [6.45, 7) is 1.06. The number of nitrogens with zero attached hydrogens (tertiary/aromatic N) is 2. The van der Waals surface area contributed by atoms with Crippen molar-refractivity contribution >= 4 is 50.7 Å². The summed E-state index contributed by atoms with van der Waals surface area (Å²) in [5, 5.41) is 2.52. The van der Waals surface area contributed by atoms with Gasteiger partial charge in [-0.2, -0.15) is 26.3 Å². The van der Waals surface area contributed by atoms with Gasteiger partial charge < -0.3 is 9.88 Å². The number of amides is 1. The van der Waals surface area contributed by atoms with Crippen LogP contribution in [0.2, 0.25) is 10.2 Å². The van der Waals surface area contributed by atoms with E-state index in [0.717, 1.165) is 0 Å². The summed E-state index contributed by atoms with van der Waals surface area (Å²) in [7, 11) is -4.61. The fourth-order valence-corrected chi connectivity index (χ4v) is 4.73. The Morgan fingerprint density at radius 1 is 1.33 bits per heavy atom. The van der Waals surface area contributed by atoms with Crippen LogP contribution in [0.3, 0.4) is 0 Å². The lowest BCUT2D eigenvalue weighted by molar-refractivity contribution is -0.147. The van der Waals surface area contributed by atoms with Gasteiger partial charge in [0.05, 0.1) is 10.7 Å². The fraction of sp³-hybridized carbons (Fsp3) is 0.375. The van der Waals surface area contributed by atoms with Crippen molar-refractivity contribution in [2.75, 3.05) is 10.0 Å². The van der Waals surface area contributed by atoms with E-state index in [9.17, 15) is 26.4 Å². The molecule has 0 bridgehead atoms. The number of carbonyl (C=O) groups excluding carboxylic acids is 1. The van der Waals surface area contributed by atoms with Gasteiger partial charge in [0, 0.05) is 24.1 Å². The van der Waals surface area contributed by atoms with Gasteiger partial charge in [0.2, 0.25) is 0 Å². The summed E-state index contributed by atoms with van der Waals surface area (Å²) in [5.41, 5.74) is 0.600. The number of anilines is 2. The molecule has 14 heteroatoms. The Labute approximate surface area is 179 Å². The number of hydrogen-bond donors (Lipinski definition) is 3. The summed E-state index contributed by atoms with van der Waals surface area (Å²) < 4.78 is 67.6. The second-order valence-electron chi connectivity index (χ2n) is 6.55. The summed E-state index contributed by atoms with van der Waals surface area (Å²) >= 11 is 12.1. The fourth-order valence-electron chi connectivity index (χ4n) is 3.00. The normalized spacial score (nSPS) is 15.0. The molecule has 1 atom stereocenters. The molecule has 2 aromatic rings. The lowest BCUT2D eigenvalue weighted by Crippen LogP contribution is -2.45. The first-order valence-corrected chi connectivity index (χ1v) is 10.8. The highest BCUT2D eigenvalue weighted by atomic mass is 35.5. The molecule has 3 heterocycles. The Hall–Kier alpha value is -2.02. The number of rotatable bonds is 6. The van der Waals surface area contributed by atoms with E-state index in [1.54, 1.807) is 0 Å². The third kappa shape index (κ3) is 4.82. The molecule has 0 aliphatic carbocycles. The van der Waals surface area contributed by atoms with Gasteiger partial charge in [0.15, 0.2) is 0 Å². The summed E-state index contributed by atoms with van der Waals surface area (Å²) in [4.78, 5) is 16.6. The van der Waals surface area contributed by atoms with Crippen molar-refractivity contribution < 1.29 is 26.4 Å². The van der Waals surface area contributed by atoms with Gasteiger partial charge in [-0.15, -0.1) is 0 Å². The summed E-state index contributed by atoms with van der Waals surface area (Å²) in [6, 6.07) is 0.592. The molecule has 0 radical (unpaired) electrons. The zero-order chi connectivity index (χ0) is 22.3. The molecule has 1 aliphatic heterocycles. The summed E-state index contributed by atoms with van der Waals surface area (Å²) in [6.07, 6.45) is -2.39. The topological polar surface area (TPSA) is 105 Å². The quantitative estimate of drug-likeness (QED) is 0.543. The molecule has 3 rings (SSSR count). The van der Waals surface area contributed by atoms with E-state index in [1.165, 1.54) is 27.6 Å². The Morgan fingerprint density at radius 3 is 2.67 bits per heavy atom. The predicted molar refractivity (Wildman–Crippen MR) is 106 cm³/mol. The Balaban J connectivity index is 1.90. The number of halogens is 5. The molecular formula is C16H16Cl2F3N5O3S. The molecular weight excluding hydrogens is 470 g/mol. The van der Waals surface area contributed by atoms with Crippen LogP contribution in [0.15, 0.2) is 18.3 Å². The van der Waals surface area contributed by atoms with E-state index in [1.807, 2.05) is 4.72 Å². The zero-order valence-corrected chi connectivity index (χ0v) is 17.7. The number of fused-ring (bicyclic) bond motifs is 1. The molecule has 1 aliphatic rings. The molecule has 0 spiro atoms. The van der Waals surface area contributed by atoms with E-state index < -0.39 is 28.3 Å². The van der Waals surface area contributed by atoms with Crippen molar-refractivity contribution in [3.05, 3.63) is 39.9 Å². The van der Waals surface area contributed by atoms with Crippen molar-refractivity contribution in [3.8, 4) is 0 Å². The molecule has 3 N–H and O–H groups in total. The van der Waals surface area contributed by atoms with Crippen molar-refractivity contribution in [1.29, 1.82) is 0 Å². The minimum atomic E-state index is -4.77. The van der Waals surface area contributed by atoms with Crippen LogP contribution in [-0.2, 0) is 23.2 Å². The number of nitrogens with one attached hydrogen (secondary N) is 3. The number of alkyl halides is 3. The molecule has 0 fully saturated rings. The Morgan fingerprint density at radius 2 is 2.03 bits per heavy atom. The second kappa shape index (κ2) is 8.25. The van der Waals surface area contributed by atoms with Gasteiger partial charge in [0.1, 0.15) is 16.9 Å². The highest BCUT2D eigenvalue weighted by Crippen LogP contribution is 2.38. The van der Waals surface area contributed by atoms with E-state index in [2.05, 4.69) is 10.3 Å². The smallest absolute Gasteiger partial charge is 0.337 e. The van der Waals surface area contributed by atoms with E-state index in [-0.39, 0.29) is 21.6 Å². The molecule has 1 unspecified atom stereocenters. The molecule has 0 saturated carbocycles. The highest BCUT2D eigenvalue weighted by molar-refractivity contribution is 7.90. The van der Waals surface area contributed by atoms with Crippen LogP contribution in [0.4, 0.5) is 24.5 Å². The van der Waals surface area contributed by atoms with Crippen LogP contribution >= 0.6 is 23.2 Å². The van der Waals surface area contributed by atoms with Crippen LogP contribution in [0.1, 0.15) is 29.5 Å². The molecule has 8 nitrogen and oxygen atoms in total. The van der Waals surface area contributed by atoms with E-state index in [4.69, 9.17) is 23.2 Å². The summed E-state index contributed by atoms with van der Waals surface area (Å²) in [5.74, 6) is -0.632. The third-order valence-electron chi connectivity index (χ3n) is 4.37. The standard InChI is InChI=1S/C16H16Cl2F3N5O3S/c1-8(16(19,20)21)24-30(28,29)25-13-10-3-2-6-26(10)14(12(13)18)15(27)23-9-4-5-22-11(17)7-9/h4-5,7-8,24-25H,2-3,6H2,1H3,(H,22,23,27). The largest absolute Gasteiger partial charge is 0.404 e. The third-order valence-corrected chi connectivity index (χ3v) is 6.08. The maximum absolute atomic E-state index is 12.8. The van der Waals surface area contributed by atoms with E-state index in [0.29, 0.717) is 37.7 Å². The minimum Gasteiger partial charge on any atom is -0.337 e. The Bertz CT molecular complexity index is 1090. The maximum atomic E-state index is 12.8. The molecule has 164 valence electrons. The number of hydrogen-bond acceptors (Lipinski definition) is 4. The van der Waals surface area contributed by atoms with Gasteiger partial charge in [-0.1, -0.05) is 23.2 Å². The number of carbonyl (C=O) groups is 1. The number of pyridine rings is 1. The van der Waals surface area contributed by atoms with E-state index >= 15 is 0 Å². The minimum absolute atomic E-state index is 0.0151. The van der Waals surface area contributed by atoms with Crippen LogP contribution in [0, 0.1) is 0 Å². The molecule has 0 saturated heterocycles. The van der Waals surface area contributed by atoms with Gasteiger partial charge >= 0.3 is 6.18 Å². The average Bonchev–Trinajstić information content (AvgIpc) is 3.16. The average molecular weight is 486 g/mol.